The van der Waals surface area contributed by atoms with Gasteiger partial charge in [-0.3, -0.25) is 4.79 Å². The van der Waals surface area contributed by atoms with Gasteiger partial charge in [-0.2, -0.15) is 0 Å². The number of hydrogen-bond acceptors (Lipinski definition) is 3. The van der Waals surface area contributed by atoms with Crippen LogP contribution in [0.4, 0.5) is 0 Å². The Hall–Kier alpha value is -1.55. The fourth-order valence-electron chi connectivity index (χ4n) is 5.84. The maximum Gasteiger partial charge on any atom is 0.231 e. The van der Waals surface area contributed by atoms with Crippen LogP contribution >= 0.6 is 0 Å². The molecule has 1 aromatic carbocycles. The second-order valence-electron chi connectivity index (χ2n) is 9.58. The highest BCUT2D eigenvalue weighted by atomic mass is 16.5. The molecule has 4 fully saturated rings. The lowest BCUT2D eigenvalue weighted by Crippen LogP contribution is -2.64. The third-order valence-corrected chi connectivity index (χ3v) is 7.41. The summed E-state index contributed by atoms with van der Waals surface area (Å²) in [6.45, 7) is 5.08. The molecular weight excluding hydrogens is 336 g/mol. The van der Waals surface area contributed by atoms with Crippen molar-refractivity contribution < 1.29 is 9.53 Å². The summed E-state index contributed by atoms with van der Waals surface area (Å²) in [4.78, 5) is 18.4. The fourth-order valence-corrected chi connectivity index (χ4v) is 5.84. The van der Waals surface area contributed by atoms with Gasteiger partial charge in [0.15, 0.2) is 0 Å². The van der Waals surface area contributed by atoms with Gasteiger partial charge in [0, 0.05) is 32.7 Å². The Balaban J connectivity index is 1.33. The van der Waals surface area contributed by atoms with E-state index in [1.165, 1.54) is 44.2 Å². The molecule has 2 aliphatic carbocycles. The Morgan fingerprint density at radius 2 is 1.89 bits per heavy atom. The number of methoxy groups -OCH3 is 1. The first-order valence-corrected chi connectivity index (χ1v) is 10.8. The molecule has 4 nitrogen and oxygen atoms in total. The maximum atomic E-state index is 13.7. The summed E-state index contributed by atoms with van der Waals surface area (Å²) < 4.78 is 5.41. The number of rotatable bonds is 6. The Bertz CT molecular complexity index is 696. The van der Waals surface area contributed by atoms with Crippen molar-refractivity contribution in [1.82, 2.24) is 9.80 Å². The van der Waals surface area contributed by atoms with E-state index >= 15 is 0 Å². The number of fused-ring (bicyclic) bond motifs is 1. The van der Waals surface area contributed by atoms with E-state index in [1.807, 2.05) is 12.1 Å². The monoisotopic (exact) mass is 368 g/mol. The molecule has 0 N–H and O–H groups in total. The first-order chi connectivity index (χ1) is 13.1. The number of nitrogens with zero attached hydrogens (tertiary/aromatic N) is 2. The molecule has 5 rings (SSSR count). The molecular formula is C23H32N2O2. The molecule has 0 unspecified atom stereocenters. The molecule has 4 aliphatic rings. The van der Waals surface area contributed by atoms with Crippen molar-refractivity contribution in [3.05, 3.63) is 29.8 Å². The highest BCUT2D eigenvalue weighted by Gasteiger charge is 2.53. The summed E-state index contributed by atoms with van der Waals surface area (Å²) in [5.74, 6) is 3.74. The third kappa shape index (κ3) is 3.37. The van der Waals surface area contributed by atoms with Crippen molar-refractivity contribution in [2.24, 2.45) is 23.2 Å². The molecule has 146 valence electrons. The van der Waals surface area contributed by atoms with Crippen molar-refractivity contribution in [2.75, 3.05) is 39.8 Å². The molecule has 0 aromatic heterocycles. The van der Waals surface area contributed by atoms with Crippen molar-refractivity contribution in [3.8, 4) is 5.75 Å². The minimum Gasteiger partial charge on any atom is -0.497 e. The second-order valence-corrected chi connectivity index (χ2v) is 9.58. The van der Waals surface area contributed by atoms with Gasteiger partial charge in [0.2, 0.25) is 5.91 Å². The highest BCUT2D eigenvalue weighted by Crippen LogP contribution is 2.43. The summed E-state index contributed by atoms with van der Waals surface area (Å²) >= 11 is 0. The van der Waals surface area contributed by atoms with Gasteiger partial charge in [0.05, 0.1) is 12.5 Å². The lowest BCUT2D eigenvalue weighted by molar-refractivity contribution is -0.153. The minimum atomic E-state index is -0.222. The number of carbonyl (C=O) groups is 1. The van der Waals surface area contributed by atoms with Crippen LogP contribution in [-0.2, 0) is 11.2 Å². The molecule has 0 bridgehead atoms. The third-order valence-electron chi connectivity index (χ3n) is 7.41. The summed E-state index contributed by atoms with van der Waals surface area (Å²) in [6, 6.07) is 8.30. The molecule has 2 aliphatic heterocycles. The van der Waals surface area contributed by atoms with E-state index in [9.17, 15) is 4.79 Å². The van der Waals surface area contributed by atoms with Crippen molar-refractivity contribution >= 4 is 5.91 Å². The van der Waals surface area contributed by atoms with Gasteiger partial charge >= 0.3 is 0 Å². The molecule has 0 spiro atoms. The largest absolute Gasteiger partial charge is 0.497 e. The van der Waals surface area contributed by atoms with Gasteiger partial charge < -0.3 is 14.5 Å². The second kappa shape index (κ2) is 6.80. The Morgan fingerprint density at radius 3 is 2.56 bits per heavy atom. The first-order valence-electron chi connectivity index (χ1n) is 10.8. The molecule has 1 amide bonds. The lowest BCUT2D eigenvalue weighted by Gasteiger charge is -2.50. The SMILES string of the molecule is COc1cccc(CC2(C(=O)N3C[C@H]4CCC[C@H]4C3)CN(CC3CC3)C2)c1. The van der Waals surface area contributed by atoms with E-state index in [1.54, 1.807) is 7.11 Å². The predicted octanol–water partition coefficient (Wildman–Crippen LogP) is 3.21. The standard InChI is InChI=1S/C23H32N2O2/c1-27-21-7-2-4-18(10-21)11-23(15-24(16-23)12-17-8-9-17)22(26)25-13-19-5-3-6-20(19)14-25/h2,4,7,10,17,19-20H,3,5-6,8-9,11-16H2,1H3/t19-,20+. The first kappa shape index (κ1) is 17.5. The molecule has 1 aromatic rings. The van der Waals surface area contributed by atoms with Crippen LogP contribution in [0.3, 0.4) is 0 Å². The molecule has 2 saturated carbocycles. The molecule has 2 saturated heterocycles. The summed E-state index contributed by atoms with van der Waals surface area (Å²) in [5.41, 5.74) is 1.01. The molecule has 2 heterocycles. The van der Waals surface area contributed by atoms with E-state index in [-0.39, 0.29) is 5.41 Å². The zero-order valence-electron chi connectivity index (χ0n) is 16.5. The van der Waals surface area contributed by atoms with Gasteiger partial charge in [0.25, 0.3) is 0 Å². The average Bonchev–Trinajstić information content (AvgIpc) is 3.20. The van der Waals surface area contributed by atoms with Crippen LogP contribution in [-0.4, -0.2) is 55.5 Å². The highest BCUT2D eigenvalue weighted by molar-refractivity contribution is 5.85. The number of hydrogen-bond donors (Lipinski definition) is 0. The summed E-state index contributed by atoms with van der Waals surface area (Å²) in [5, 5.41) is 0. The van der Waals surface area contributed by atoms with Gasteiger partial charge in [-0.25, -0.2) is 0 Å². The van der Waals surface area contributed by atoms with E-state index in [2.05, 4.69) is 21.9 Å². The van der Waals surface area contributed by atoms with Crippen LogP contribution < -0.4 is 4.74 Å². The lowest BCUT2D eigenvalue weighted by atomic mass is 9.73. The van der Waals surface area contributed by atoms with E-state index < -0.39 is 0 Å². The zero-order chi connectivity index (χ0) is 18.4. The number of amides is 1. The normalized spacial score (nSPS) is 29.4. The molecule has 0 radical (unpaired) electrons. The van der Waals surface area contributed by atoms with Crippen molar-refractivity contribution in [1.29, 1.82) is 0 Å². The number of ether oxygens (including phenoxy) is 1. The van der Waals surface area contributed by atoms with E-state index in [0.29, 0.717) is 5.91 Å². The van der Waals surface area contributed by atoms with Crippen LogP contribution in [0, 0.1) is 23.2 Å². The van der Waals surface area contributed by atoms with Gasteiger partial charge in [-0.1, -0.05) is 18.6 Å². The zero-order valence-corrected chi connectivity index (χ0v) is 16.5. The van der Waals surface area contributed by atoms with Crippen LogP contribution in [0.5, 0.6) is 5.75 Å². The van der Waals surface area contributed by atoms with Crippen molar-refractivity contribution in [2.45, 2.75) is 38.5 Å². The van der Waals surface area contributed by atoms with Crippen molar-refractivity contribution in [3.63, 3.8) is 0 Å². The van der Waals surface area contributed by atoms with Crippen LogP contribution in [0.2, 0.25) is 0 Å². The van der Waals surface area contributed by atoms with E-state index in [4.69, 9.17) is 4.74 Å². The molecule has 2 atom stereocenters. The van der Waals surface area contributed by atoms with Gasteiger partial charge in [0.1, 0.15) is 5.75 Å². The molecule has 4 heteroatoms. The van der Waals surface area contributed by atoms with Crippen LogP contribution in [0.1, 0.15) is 37.7 Å². The number of benzene rings is 1. The number of carbonyl (C=O) groups excluding carboxylic acids is 1. The van der Waals surface area contributed by atoms with Gasteiger partial charge in [-0.15, -0.1) is 0 Å². The predicted molar refractivity (Wildman–Crippen MR) is 106 cm³/mol. The summed E-state index contributed by atoms with van der Waals surface area (Å²) in [6.07, 6.45) is 7.61. The minimum absolute atomic E-state index is 0.222. The number of likely N-dealkylation sites (tertiary alicyclic amines) is 2. The Kier molecular flexibility index (Phi) is 4.42. The average molecular weight is 369 g/mol. The quantitative estimate of drug-likeness (QED) is 0.773. The van der Waals surface area contributed by atoms with Gasteiger partial charge in [-0.05, 0) is 67.6 Å². The topological polar surface area (TPSA) is 32.8 Å². The van der Waals surface area contributed by atoms with Crippen LogP contribution in [0.25, 0.3) is 0 Å². The smallest absolute Gasteiger partial charge is 0.231 e. The van der Waals surface area contributed by atoms with Crippen LogP contribution in [0.15, 0.2) is 24.3 Å². The fraction of sp³-hybridized carbons (Fsp3) is 0.696. The summed E-state index contributed by atoms with van der Waals surface area (Å²) in [7, 11) is 1.71. The Labute approximate surface area is 162 Å². The maximum absolute atomic E-state index is 13.7. The van der Waals surface area contributed by atoms with E-state index in [0.717, 1.165) is 56.1 Å². The Morgan fingerprint density at radius 1 is 1.15 bits per heavy atom. The molecule has 27 heavy (non-hydrogen) atoms.